The minimum atomic E-state index is 0.742. The summed E-state index contributed by atoms with van der Waals surface area (Å²) >= 11 is 1.86. The van der Waals surface area contributed by atoms with Crippen molar-refractivity contribution >= 4 is 21.4 Å². The van der Waals surface area contributed by atoms with Gasteiger partial charge in [0.2, 0.25) is 0 Å². The Kier molecular flexibility index (Phi) is 2.34. The number of nitrogens with two attached hydrogens (primary N) is 1. The van der Waals surface area contributed by atoms with Gasteiger partial charge in [-0.15, -0.1) is 11.3 Å². The fraction of sp³-hybridized carbons (Fsp3) is 0.273. The Hall–Kier alpha value is -0.860. The summed E-state index contributed by atoms with van der Waals surface area (Å²) in [5.41, 5.74) is 6.85. The Morgan fingerprint density at radius 2 is 2.15 bits per heavy atom. The number of fused-ring (bicyclic) bond motifs is 1. The van der Waals surface area contributed by atoms with E-state index in [1.54, 1.807) is 0 Å². The maximum Gasteiger partial charge on any atom is 0.0348 e. The van der Waals surface area contributed by atoms with Crippen molar-refractivity contribution in [3.05, 3.63) is 34.7 Å². The molecule has 2 heteroatoms. The predicted molar refractivity (Wildman–Crippen MR) is 59.3 cm³/mol. The molecule has 0 fully saturated rings. The summed E-state index contributed by atoms with van der Waals surface area (Å²) in [7, 11) is 0. The van der Waals surface area contributed by atoms with Gasteiger partial charge in [0, 0.05) is 9.58 Å². The molecule has 2 rings (SSSR count). The van der Waals surface area contributed by atoms with Crippen molar-refractivity contribution in [3.8, 4) is 0 Å². The Labute approximate surface area is 82.2 Å². The number of hydrogen-bond acceptors (Lipinski definition) is 2. The Bertz CT molecular complexity index is 417. The van der Waals surface area contributed by atoms with Crippen LogP contribution in [0.2, 0.25) is 0 Å². The van der Waals surface area contributed by atoms with Crippen LogP contribution in [0.25, 0.3) is 10.1 Å². The largest absolute Gasteiger partial charge is 0.330 e. The van der Waals surface area contributed by atoms with Gasteiger partial charge in [-0.3, -0.25) is 0 Å². The van der Waals surface area contributed by atoms with Crippen LogP contribution in [0.1, 0.15) is 10.4 Å². The van der Waals surface area contributed by atoms with Gasteiger partial charge in [0.05, 0.1) is 0 Å². The van der Waals surface area contributed by atoms with E-state index >= 15 is 0 Å². The molecule has 0 atom stereocenters. The van der Waals surface area contributed by atoms with E-state index < -0.39 is 0 Å². The fourth-order valence-electron chi connectivity index (χ4n) is 1.46. The van der Waals surface area contributed by atoms with Crippen LogP contribution in [0.4, 0.5) is 0 Å². The first kappa shape index (κ1) is 8.73. The number of benzene rings is 1. The lowest BCUT2D eigenvalue weighted by molar-refractivity contribution is 0.989. The molecule has 13 heavy (non-hydrogen) atoms. The number of thiophene rings is 1. The maximum absolute atomic E-state index is 5.52. The van der Waals surface area contributed by atoms with Crippen LogP contribution in [0.5, 0.6) is 0 Å². The molecule has 0 saturated carbocycles. The normalized spacial score (nSPS) is 10.9. The molecule has 1 aromatic carbocycles. The summed E-state index contributed by atoms with van der Waals surface area (Å²) in [6.07, 6.45) is 0.998. The smallest absolute Gasteiger partial charge is 0.0348 e. The first-order valence-corrected chi connectivity index (χ1v) is 5.30. The van der Waals surface area contributed by atoms with Gasteiger partial charge in [-0.25, -0.2) is 0 Å². The summed E-state index contributed by atoms with van der Waals surface area (Å²) in [4.78, 5) is 1.39. The molecular formula is C11H13NS. The first-order valence-electron chi connectivity index (χ1n) is 4.49. The minimum absolute atomic E-state index is 0.742. The molecule has 2 N–H and O–H groups in total. The van der Waals surface area contributed by atoms with Crippen molar-refractivity contribution in [1.29, 1.82) is 0 Å². The Balaban J connectivity index is 2.49. The molecule has 0 aliphatic carbocycles. The Morgan fingerprint density at radius 1 is 1.31 bits per heavy atom. The molecule has 2 aromatic rings. The highest BCUT2D eigenvalue weighted by Crippen LogP contribution is 2.26. The standard InChI is InChI=1S/C11H13NS/c1-8-2-3-9-7-10(4-5-12)13-11(9)6-8/h2-3,6-7H,4-5,12H2,1H3. The lowest BCUT2D eigenvalue weighted by atomic mass is 10.2. The topological polar surface area (TPSA) is 26.0 Å². The quantitative estimate of drug-likeness (QED) is 0.776. The molecule has 0 unspecified atom stereocenters. The van der Waals surface area contributed by atoms with E-state index in [-0.39, 0.29) is 0 Å². The molecule has 0 amide bonds. The van der Waals surface area contributed by atoms with Gasteiger partial charge < -0.3 is 5.73 Å². The van der Waals surface area contributed by atoms with Gasteiger partial charge in [-0.2, -0.15) is 0 Å². The van der Waals surface area contributed by atoms with Crippen molar-refractivity contribution < 1.29 is 0 Å². The lowest BCUT2D eigenvalue weighted by Crippen LogP contribution is -2.00. The van der Waals surface area contributed by atoms with Crippen molar-refractivity contribution in [2.24, 2.45) is 5.73 Å². The predicted octanol–water partition coefficient (Wildman–Crippen LogP) is 2.71. The van der Waals surface area contributed by atoms with E-state index in [2.05, 4.69) is 31.2 Å². The number of aryl methyl sites for hydroxylation is 1. The summed E-state index contributed by atoms with van der Waals surface area (Å²) in [6.45, 7) is 2.87. The third-order valence-electron chi connectivity index (χ3n) is 2.12. The van der Waals surface area contributed by atoms with Crippen LogP contribution < -0.4 is 5.73 Å². The van der Waals surface area contributed by atoms with Crippen molar-refractivity contribution in [2.75, 3.05) is 6.54 Å². The van der Waals surface area contributed by atoms with E-state index in [4.69, 9.17) is 5.73 Å². The molecule has 0 spiro atoms. The van der Waals surface area contributed by atoms with Crippen molar-refractivity contribution in [2.45, 2.75) is 13.3 Å². The van der Waals surface area contributed by atoms with Crippen LogP contribution >= 0.6 is 11.3 Å². The lowest BCUT2D eigenvalue weighted by Gasteiger charge is -1.90. The molecule has 1 heterocycles. The molecule has 0 saturated heterocycles. The second-order valence-corrected chi connectivity index (χ2v) is 4.46. The summed E-state index contributed by atoms with van der Waals surface area (Å²) in [5.74, 6) is 0. The number of hydrogen-bond donors (Lipinski definition) is 1. The van der Waals surface area contributed by atoms with Gasteiger partial charge in [0.15, 0.2) is 0 Å². The van der Waals surface area contributed by atoms with Crippen LogP contribution in [0, 0.1) is 6.92 Å². The zero-order valence-corrected chi connectivity index (χ0v) is 8.53. The highest BCUT2D eigenvalue weighted by molar-refractivity contribution is 7.19. The van der Waals surface area contributed by atoms with Crippen molar-refractivity contribution in [3.63, 3.8) is 0 Å². The van der Waals surface area contributed by atoms with Crippen LogP contribution in [-0.4, -0.2) is 6.54 Å². The second kappa shape index (κ2) is 3.48. The zero-order valence-electron chi connectivity index (χ0n) is 7.71. The molecule has 0 radical (unpaired) electrons. The third-order valence-corrected chi connectivity index (χ3v) is 3.27. The summed E-state index contributed by atoms with van der Waals surface area (Å²) in [6, 6.07) is 8.81. The van der Waals surface area contributed by atoms with Gasteiger partial charge in [-0.1, -0.05) is 12.1 Å². The van der Waals surface area contributed by atoms with Gasteiger partial charge in [-0.05, 0) is 43.0 Å². The second-order valence-electron chi connectivity index (χ2n) is 3.29. The van der Waals surface area contributed by atoms with E-state index in [9.17, 15) is 0 Å². The van der Waals surface area contributed by atoms with Crippen molar-refractivity contribution in [1.82, 2.24) is 0 Å². The highest BCUT2D eigenvalue weighted by Gasteiger charge is 2.00. The average molecular weight is 191 g/mol. The van der Waals surface area contributed by atoms with E-state index in [0.29, 0.717) is 0 Å². The molecule has 1 aromatic heterocycles. The van der Waals surface area contributed by atoms with Crippen LogP contribution in [0.3, 0.4) is 0 Å². The molecule has 0 aliphatic heterocycles. The minimum Gasteiger partial charge on any atom is -0.330 e. The third kappa shape index (κ3) is 1.74. The Morgan fingerprint density at radius 3 is 2.92 bits per heavy atom. The van der Waals surface area contributed by atoms with E-state index in [1.807, 2.05) is 11.3 Å². The summed E-state index contributed by atoms with van der Waals surface area (Å²) in [5, 5.41) is 1.35. The van der Waals surface area contributed by atoms with Gasteiger partial charge in [0.1, 0.15) is 0 Å². The zero-order chi connectivity index (χ0) is 9.26. The van der Waals surface area contributed by atoms with E-state index in [0.717, 1.165) is 13.0 Å². The fourth-order valence-corrected chi connectivity index (χ4v) is 2.64. The van der Waals surface area contributed by atoms with E-state index in [1.165, 1.54) is 20.5 Å². The molecule has 68 valence electrons. The van der Waals surface area contributed by atoms with Crippen LogP contribution in [0.15, 0.2) is 24.3 Å². The monoisotopic (exact) mass is 191 g/mol. The highest BCUT2D eigenvalue weighted by atomic mass is 32.1. The first-order chi connectivity index (χ1) is 6.29. The van der Waals surface area contributed by atoms with Gasteiger partial charge in [0.25, 0.3) is 0 Å². The molecule has 0 bridgehead atoms. The maximum atomic E-state index is 5.52. The molecule has 1 nitrogen and oxygen atoms in total. The SMILES string of the molecule is Cc1ccc2cc(CCN)sc2c1. The average Bonchev–Trinajstić information content (AvgIpc) is 2.46. The van der Waals surface area contributed by atoms with Gasteiger partial charge >= 0.3 is 0 Å². The summed E-state index contributed by atoms with van der Waals surface area (Å²) < 4.78 is 1.38. The molecular weight excluding hydrogens is 178 g/mol. The number of rotatable bonds is 2. The van der Waals surface area contributed by atoms with Crippen LogP contribution in [-0.2, 0) is 6.42 Å². The molecule has 0 aliphatic rings.